The van der Waals surface area contributed by atoms with Gasteiger partial charge in [0.15, 0.2) is 5.78 Å². The van der Waals surface area contributed by atoms with Crippen molar-refractivity contribution in [3.8, 4) is 0 Å². The Bertz CT molecular complexity index is 551. The molecule has 6 nitrogen and oxygen atoms in total. The third-order valence-electron chi connectivity index (χ3n) is 4.95. The number of hydrogen-bond acceptors (Lipinski definition) is 4. The van der Waals surface area contributed by atoms with Crippen LogP contribution in [0.2, 0.25) is 0 Å². The average molecular weight is 423 g/mol. The summed E-state index contributed by atoms with van der Waals surface area (Å²) in [6.45, 7) is 9.10. The zero-order valence-electron chi connectivity index (χ0n) is 14.7. The van der Waals surface area contributed by atoms with E-state index in [0.29, 0.717) is 25.8 Å². The molecule has 2 aliphatic rings. The number of allylic oxidation sites excluding steroid dienone is 1. The summed E-state index contributed by atoms with van der Waals surface area (Å²) in [6.07, 6.45) is 4.73. The molecule has 0 aromatic rings. The van der Waals surface area contributed by atoms with E-state index in [-0.39, 0.29) is 69.1 Å². The van der Waals surface area contributed by atoms with E-state index in [4.69, 9.17) is 0 Å². The minimum Gasteiger partial charge on any atom is -0.393 e. The molecule has 1 aliphatic carbocycles. The molecule has 1 heterocycles. The Hall–Kier alpha value is -0.716. The van der Waals surface area contributed by atoms with E-state index in [1.807, 2.05) is 6.08 Å². The molecule has 2 rings (SSSR count). The van der Waals surface area contributed by atoms with E-state index in [0.717, 1.165) is 0 Å². The number of aliphatic hydroxyl groups is 1. The van der Waals surface area contributed by atoms with Crippen molar-refractivity contribution in [2.75, 3.05) is 6.54 Å². The van der Waals surface area contributed by atoms with Gasteiger partial charge in [-0.15, -0.1) is 0 Å². The van der Waals surface area contributed by atoms with Crippen molar-refractivity contribution in [2.24, 2.45) is 5.92 Å². The number of nitrogens with one attached hydrogen (secondary N) is 1. The van der Waals surface area contributed by atoms with Gasteiger partial charge in [0.2, 0.25) is 11.8 Å². The van der Waals surface area contributed by atoms with E-state index >= 15 is 0 Å². The van der Waals surface area contributed by atoms with Crippen LogP contribution < -0.4 is 5.32 Å². The van der Waals surface area contributed by atoms with Gasteiger partial charge >= 0.3 is 0 Å². The minimum atomic E-state index is -0.894. The van der Waals surface area contributed by atoms with Crippen LogP contribution in [0.1, 0.15) is 39.0 Å². The first-order valence-corrected chi connectivity index (χ1v) is 8.41. The number of likely N-dealkylation sites (tertiary alicyclic amines) is 1. The number of piperidine rings is 1. The SMILES string of the molecule is [CH2-]/C=C\[C@H]1C[C@]1(NC(=O)[C@@H]1C[C@H](O)CCN1C(=O)CC[CH2-])C(C)=O.[Y]. The molecule has 1 radical (unpaired) electrons. The van der Waals surface area contributed by atoms with Gasteiger partial charge in [0.05, 0.1) is 11.6 Å². The topological polar surface area (TPSA) is 86.7 Å². The van der Waals surface area contributed by atoms with Crippen molar-refractivity contribution >= 4 is 17.6 Å². The molecule has 25 heavy (non-hydrogen) atoms. The Morgan fingerprint density at radius 1 is 1.40 bits per heavy atom. The molecule has 1 saturated carbocycles. The molecule has 2 N–H and O–H groups in total. The molecule has 0 unspecified atom stereocenters. The summed E-state index contributed by atoms with van der Waals surface area (Å²) in [4.78, 5) is 38.5. The summed E-state index contributed by atoms with van der Waals surface area (Å²) >= 11 is 0. The molecule has 4 atom stereocenters. The number of carbonyl (C=O) groups excluding carboxylic acids is 3. The second kappa shape index (κ2) is 9.29. The molecule has 7 heteroatoms. The van der Waals surface area contributed by atoms with Gasteiger partial charge in [-0.1, -0.05) is 5.92 Å². The predicted octanol–water partition coefficient (Wildman–Crippen LogP) is 0.804. The molecular weight excluding hydrogens is 397 g/mol. The molecular formula is C18H26N2O4Y-2. The summed E-state index contributed by atoms with van der Waals surface area (Å²) in [5, 5.41) is 12.7. The number of aliphatic hydroxyl groups excluding tert-OH is 1. The first-order chi connectivity index (χ1) is 11.4. The third kappa shape index (κ3) is 4.92. The second-order valence-corrected chi connectivity index (χ2v) is 6.64. The van der Waals surface area contributed by atoms with Crippen molar-refractivity contribution in [1.82, 2.24) is 10.2 Å². The van der Waals surface area contributed by atoms with Crippen LogP contribution in [0.5, 0.6) is 0 Å². The van der Waals surface area contributed by atoms with E-state index < -0.39 is 17.7 Å². The molecule has 0 bridgehead atoms. The van der Waals surface area contributed by atoms with Gasteiger partial charge in [-0.2, -0.15) is 6.42 Å². The summed E-state index contributed by atoms with van der Waals surface area (Å²) in [5.74, 6) is -0.680. The summed E-state index contributed by atoms with van der Waals surface area (Å²) in [6, 6.07) is -0.742. The molecule has 1 aliphatic heterocycles. The Labute approximate surface area is 174 Å². The normalized spacial score (nSPS) is 31.3. The maximum absolute atomic E-state index is 12.7. The van der Waals surface area contributed by atoms with Crippen LogP contribution in [0.3, 0.4) is 0 Å². The number of carbonyl (C=O) groups is 3. The largest absolute Gasteiger partial charge is 0.393 e. The van der Waals surface area contributed by atoms with Crippen LogP contribution in [-0.2, 0) is 47.1 Å². The van der Waals surface area contributed by atoms with E-state index in [1.54, 1.807) is 6.08 Å². The monoisotopic (exact) mass is 423 g/mol. The van der Waals surface area contributed by atoms with Gasteiger partial charge < -0.3 is 22.2 Å². The summed E-state index contributed by atoms with van der Waals surface area (Å²) < 4.78 is 0. The Morgan fingerprint density at radius 3 is 2.64 bits per heavy atom. The maximum atomic E-state index is 12.7. The summed E-state index contributed by atoms with van der Waals surface area (Å²) in [5.41, 5.74) is -0.894. The summed E-state index contributed by atoms with van der Waals surface area (Å²) in [7, 11) is 0. The van der Waals surface area contributed by atoms with Crippen LogP contribution in [0.4, 0.5) is 0 Å². The Balaban J connectivity index is 0.00000312. The van der Waals surface area contributed by atoms with Gasteiger partial charge in [-0.3, -0.25) is 14.4 Å². The zero-order valence-corrected chi connectivity index (χ0v) is 17.6. The Morgan fingerprint density at radius 2 is 2.08 bits per heavy atom. The number of hydrogen-bond donors (Lipinski definition) is 2. The maximum Gasteiger partial charge on any atom is 0.243 e. The quantitative estimate of drug-likeness (QED) is 0.619. The van der Waals surface area contributed by atoms with Gasteiger partial charge in [0.1, 0.15) is 6.04 Å². The van der Waals surface area contributed by atoms with Crippen LogP contribution in [0, 0.1) is 19.8 Å². The van der Waals surface area contributed by atoms with Crippen LogP contribution in [0.25, 0.3) is 0 Å². The van der Waals surface area contributed by atoms with Gasteiger partial charge in [0.25, 0.3) is 0 Å². The van der Waals surface area contributed by atoms with Gasteiger partial charge in [-0.05, 0) is 26.2 Å². The predicted molar refractivity (Wildman–Crippen MR) is 89.5 cm³/mol. The smallest absolute Gasteiger partial charge is 0.243 e. The molecule has 137 valence electrons. The molecule has 2 amide bonds. The standard InChI is InChI=1S/C18H26N2O4.Y/c1-4-6-13-11-18(13,12(3)21)19-17(24)15-10-14(22)8-9-20(15)16(23)7-5-2;/h4,6,13-15,22H,1-2,5,7-11H2,3H3,(H,19,24);/q-2;/b6-4-;/t13-,14+,15-,18-;/m0./s1. The average Bonchev–Trinajstić information content (AvgIpc) is 3.21. The van der Waals surface area contributed by atoms with Crippen molar-refractivity contribution in [3.63, 3.8) is 0 Å². The van der Waals surface area contributed by atoms with E-state index in [9.17, 15) is 19.5 Å². The second-order valence-electron chi connectivity index (χ2n) is 6.64. The van der Waals surface area contributed by atoms with Gasteiger partial charge in [0, 0.05) is 45.7 Å². The van der Waals surface area contributed by atoms with Crippen molar-refractivity contribution in [3.05, 3.63) is 26.0 Å². The number of rotatable bonds is 6. The molecule has 0 spiro atoms. The van der Waals surface area contributed by atoms with E-state index in [2.05, 4.69) is 19.2 Å². The number of ketones is 1. The molecule has 1 saturated heterocycles. The van der Waals surface area contributed by atoms with Crippen LogP contribution in [-0.4, -0.2) is 51.8 Å². The molecule has 0 aromatic heterocycles. The fourth-order valence-corrected chi connectivity index (χ4v) is 3.41. The Kier molecular flexibility index (Phi) is 8.29. The fourth-order valence-electron chi connectivity index (χ4n) is 3.41. The molecule has 2 fully saturated rings. The number of amides is 2. The van der Waals surface area contributed by atoms with E-state index in [1.165, 1.54) is 11.8 Å². The van der Waals surface area contributed by atoms with Crippen molar-refractivity contribution in [2.45, 2.75) is 56.7 Å². The van der Waals surface area contributed by atoms with Gasteiger partial charge in [-0.25, -0.2) is 19.1 Å². The molecule has 0 aromatic carbocycles. The first-order valence-electron chi connectivity index (χ1n) is 8.41. The minimum absolute atomic E-state index is 0. The van der Waals surface area contributed by atoms with Crippen LogP contribution >= 0.6 is 0 Å². The van der Waals surface area contributed by atoms with Crippen LogP contribution in [0.15, 0.2) is 12.2 Å². The third-order valence-corrected chi connectivity index (χ3v) is 4.95. The fraction of sp³-hybridized carbons (Fsp3) is 0.611. The first kappa shape index (κ1) is 22.3. The van der Waals surface area contributed by atoms with Crippen molar-refractivity contribution in [1.29, 1.82) is 0 Å². The number of nitrogens with zero attached hydrogens (tertiary/aromatic N) is 1. The zero-order chi connectivity index (χ0) is 17.9. The van der Waals surface area contributed by atoms with Crippen molar-refractivity contribution < 1.29 is 52.2 Å². The number of Topliss-reactive ketones (excluding diaryl/α,β-unsaturated/α-hetero) is 1.